The zero-order valence-corrected chi connectivity index (χ0v) is 20.0. The predicted octanol–water partition coefficient (Wildman–Crippen LogP) is 2.93. The van der Waals surface area contributed by atoms with Crippen LogP contribution in [0.5, 0.6) is 0 Å². The third-order valence-corrected chi connectivity index (χ3v) is 5.88. The molecule has 176 valence electrons. The fourth-order valence-corrected chi connectivity index (χ4v) is 4.06. The van der Waals surface area contributed by atoms with Gasteiger partial charge in [0.2, 0.25) is 0 Å². The van der Waals surface area contributed by atoms with Crippen molar-refractivity contribution in [2.24, 2.45) is 4.99 Å². The van der Waals surface area contributed by atoms with Crippen LogP contribution < -0.4 is 15.5 Å². The molecule has 0 saturated carbocycles. The van der Waals surface area contributed by atoms with E-state index in [1.165, 1.54) is 5.69 Å². The number of aryl methyl sites for hydroxylation is 3. The zero-order valence-electron chi connectivity index (χ0n) is 20.0. The highest BCUT2D eigenvalue weighted by Crippen LogP contribution is 2.22. The smallest absolute Gasteiger partial charge is 0.191 e. The average molecular weight is 444 g/mol. The van der Waals surface area contributed by atoms with Crippen molar-refractivity contribution in [3.63, 3.8) is 0 Å². The lowest BCUT2D eigenvalue weighted by molar-refractivity contribution is 0.270. The number of halogens is 1. The number of benzene rings is 1. The van der Waals surface area contributed by atoms with Gasteiger partial charge in [-0.3, -0.25) is 4.68 Å². The summed E-state index contributed by atoms with van der Waals surface area (Å²) in [6, 6.07) is 7.60. The number of likely N-dealkylation sites (N-methyl/N-ethyl adjacent to an activating group) is 1. The maximum atomic E-state index is 14.8. The molecule has 2 N–H and O–H groups in total. The lowest BCUT2D eigenvalue weighted by Crippen LogP contribution is -2.46. The molecule has 0 spiro atoms. The molecule has 3 rings (SSSR count). The van der Waals surface area contributed by atoms with Crippen LogP contribution in [-0.2, 0) is 13.1 Å². The summed E-state index contributed by atoms with van der Waals surface area (Å²) >= 11 is 0. The fraction of sp³-hybridized carbons (Fsp3) is 0.583. The Hall–Kier alpha value is -2.61. The summed E-state index contributed by atoms with van der Waals surface area (Å²) in [5.41, 5.74) is 3.80. The average Bonchev–Trinajstić information content (AvgIpc) is 3.11. The molecule has 2 heterocycles. The third kappa shape index (κ3) is 6.69. The quantitative estimate of drug-likeness (QED) is 0.355. The normalized spacial score (nSPS) is 15.3. The van der Waals surface area contributed by atoms with Crippen LogP contribution in [0.2, 0.25) is 0 Å². The van der Waals surface area contributed by atoms with Crippen LogP contribution in [0.1, 0.15) is 37.2 Å². The Morgan fingerprint density at radius 3 is 2.50 bits per heavy atom. The number of hydrogen-bond donors (Lipinski definition) is 2. The van der Waals surface area contributed by atoms with Gasteiger partial charge in [0.1, 0.15) is 5.82 Å². The van der Waals surface area contributed by atoms with Crippen LogP contribution in [0.25, 0.3) is 0 Å². The van der Waals surface area contributed by atoms with Crippen molar-refractivity contribution in [2.75, 3.05) is 50.7 Å². The highest BCUT2D eigenvalue weighted by molar-refractivity contribution is 5.79. The highest BCUT2D eigenvalue weighted by atomic mass is 19.1. The molecule has 0 atom stereocenters. The Kier molecular flexibility index (Phi) is 8.90. The maximum absolute atomic E-state index is 14.8. The van der Waals surface area contributed by atoms with Crippen LogP contribution in [0.15, 0.2) is 29.3 Å². The summed E-state index contributed by atoms with van der Waals surface area (Å²) in [6.45, 7) is 15.9. The van der Waals surface area contributed by atoms with Crippen molar-refractivity contribution in [3.8, 4) is 0 Å². The molecule has 0 radical (unpaired) electrons. The van der Waals surface area contributed by atoms with Crippen molar-refractivity contribution >= 4 is 11.6 Å². The summed E-state index contributed by atoms with van der Waals surface area (Å²) in [7, 11) is 0. The minimum Gasteiger partial charge on any atom is -0.367 e. The molecule has 1 aliphatic rings. The summed E-state index contributed by atoms with van der Waals surface area (Å²) < 4.78 is 16.8. The summed E-state index contributed by atoms with van der Waals surface area (Å²) in [5.74, 6) is 0.589. The second-order valence-corrected chi connectivity index (χ2v) is 8.33. The van der Waals surface area contributed by atoms with Gasteiger partial charge >= 0.3 is 0 Å². The molecule has 1 saturated heterocycles. The molecule has 1 aliphatic heterocycles. The molecule has 0 bridgehead atoms. The van der Waals surface area contributed by atoms with Crippen LogP contribution in [0, 0.1) is 19.7 Å². The van der Waals surface area contributed by atoms with Crippen LogP contribution in [-0.4, -0.2) is 66.5 Å². The Morgan fingerprint density at radius 2 is 1.88 bits per heavy atom. The van der Waals surface area contributed by atoms with E-state index in [1.807, 2.05) is 30.7 Å². The highest BCUT2D eigenvalue weighted by Gasteiger charge is 2.18. The molecule has 1 aromatic heterocycles. The van der Waals surface area contributed by atoms with E-state index in [0.717, 1.165) is 76.0 Å². The largest absolute Gasteiger partial charge is 0.367 e. The first-order chi connectivity index (χ1) is 15.5. The van der Waals surface area contributed by atoms with Gasteiger partial charge in [-0.1, -0.05) is 13.0 Å². The van der Waals surface area contributed by atoms with Gasteiger partial charge in [0.05, 0.1) is 17.9 Å². The lowest BCUT2D eigenvalue weighted by Gasteiger charge is -2.35. The van der Waals surface area contributed by atoms with Crippen LogP contribution in [0.3, 0.4) is 0 Å². The molecule has 0 unspecified atom stereocenters. The van der Waals surface area contributed by atoms with E-state index < -0.39 is 0 Å². The second-order valence-electron chi connectivity index (χ2n) is 8.33. The number of guanidine groups is 1. The van der Waals surface area contributed by atoms with E-state index in [2.05, 4.69) is 50.4 Å². The molecule has 32 heavy (non-hydrogen) atoms. The standard InChI is InChI=1S/C24H38FN7/c1-5-26-24(27-10-7-11-32-20(4)16-19(3)29-32)28-18-21-8-9-23(22(25)17-21)31-14-12-30(6-2)13-15-31/h8-9,16-17H,5-7,10-15,18H2,1-4H3,(H2,26,27,28). The topological polar surface area (TPSA) is 60.7 Å². The van der Waals surface area contributed by atoms with Gasteiger partial charge in [-0.25, -0.2) is 9.38 Å². The van der Waals surface area contributed by atoms with E-state index in [4.69, 9.17) is 0 Å². The number of anilines is 1. The van der Waals surface area contributed by atoms with E-state index in [-0.39, 0.29) is 5.82 Å². The molecule has 2 aromatic rings. The minimum absolute atomic E-state index is 0.162. The number of aliphatic imine (C=N–C) groups is 1. The number of nitrogens with zero attached hydrogens (tertiary/aromatic N) is 5. The van der Waals surface area contributed by atoms with Gasteiger partial charge < -0.3 is 20.4 Å². The van der Waals surface area contributed by atoms with Gasteiger partial charge in [-0.2, -0.15) is 5.10 Å². The van der Waals surface area contributed by atoms with E-state index in [9.17, 15) is 4.39 Å². The van der Waals surface area contributed by atoms with Gasteiger partial charge in [0.15, 0.2) is 5.96 Å². The Balaban J connectivity index is 1.51. The molecule has 0 aliphatic carbocycles. The number of aromatic nitrogens is 2. The minimum atomic E-state index is -0.162. The number of piperazine rings is 1. The first kappa shape index (κ1) is 24.0. The zero-order chi connectivity index (χ0) is 22.9. The van der Waals surface area contributed by atoms with Gasteiger partial charge in [0, 0.05) is 51.5 Å². The first-order valence-electron chi connectivity index (χ1n) is 11.8. The van der Waals surface area contributed by atoms with E-state index in [0.29, 0.717) is 12.2 Å². The second kappa shape index (κ2) is 11.9. The molecule has 1 aromatic carbocycles. The summed E-state index contributed by atoms with van der Waals surface area (Å²) in [6.07, 6.45) is 0.945. The van der Waals surface area contributed by atoms with Gasteiger partial charge in [-0.05, 0) is 57.5 Å². The predicted molar refractivity (Wildman–Crippen MR) is 130 cm³/mol. The molecule has 7 nitrogen and oxygen atoms in total. The van der Waals surface area contributed by atoms with E-state index >= 15 is 0 Å². The molecular formula is C24H38FN7. The Labute approximate surface area is 191 Å². The molecular weight excluding hydrogens is 405 g/mol. The lowest BCUT2D eigenvalue weighted by atomic mass is 10.1. The number of hydrogen-bond acceptors (Lipinski definition) is 4. The van der Waals surface area contributed by atoms with Gasteiger partial charge in [0.25, 0.3) is 0 Å². The van der Waals surface area contributed by atoms with Crippen LogP contribution in [0.4, 0.5) is 10.1 Å². The van der Waals surface area contributed by atoms with E-state index in [1.54, 1.807) is 6.07 Å². The van der Waals surface area contributed by atoms with Crippen molar-refractivity contribution in [3.05, 3.63) is 47.0 Å². The SMILES string of the molecule is CCNC(=NCc1ccc(N2CCN(CC)CC2)c(F)c1)NCCCn1nc(C)cc1C. The van der Waals surface area contributed by atoms with Crippen molar-refractivity contribution in [1.29, 1.82) is 0 Å². The number of nitrogens with one attached hydrogen (secondary N) is 2. The Bertz CT molecular complexity index is 884. The Morgan fingerprint density at radius 1 is 1.09 bits per heavy atom. The van der Waals surface area contributed by atoms with Crippen LogP contribution >= 0.6 is 0 Å². The number of rotatable bonds is 9. The van der Waals surface area contributed by atoms with Crippen molar-refractivity contribution in [2.45, 2.75) is 47.2 Å². The summed E-state index contributed by atoms with van der Waals surface area (Å²) in [4.78, 5) is 9.17. The molecule has 0 amide bonds. The first-order valence-corrected chi connectivity index (χ1v) is 11.8. The monoisotopic (exact) mass is 443 g/mol. The van der Waals surface area contributed by atoms with Gasteiger partial charge in [-0.15, -0.1) is 0 Å². The van der Waals surface area contributed by atoms with Crippen molar-refractivity contribution < 1.29 is 4.39 Å². The fourth-order valence-electron chi connectivity index (χ4n) is 4.06. The third-order valence-electron chi connectivity index (χ3n) is 5.88. The summed E-state index contributed by atoms with van der Waals surface area (Å²) in [5, 5.41) is 11.1. The molecule has 8 heteroatoms. The molecule has 1 fully saturated rings. The van der Waals surface area contributed by atoms with Crippen molar-refractivity contribution in [1.82, 2.24) is 25.3 Å². The maximum Gasteiger partial charge on any atom is 0.191 e.